The van der Waals surface area contributed by atoms with E-state index in [0.717, 1.165) is 11.3 Å². The van der Waals surface area contributed by atoms with Crippen molar-refractivity contribution in [2.45, 2.75) is 32.8 Å². The molecule has 0 bridgehead atoms. The van der Waals surface area contributed by atoms with Crippen molar-refractivity contribution in [3.05, 3.63) is 40.4 Å². The summed E-state index contributed by atoms with van der Waals surface area (Å²) in [5.74, 6) is -1.28. The fraction of sp³-hybridized carbons (Fsp3) is 0.357. The summed E-state index contributed by atoms with van der Waals surface area (Å²) in [6.45, 7) is 5.66. The van der Waals surface area contributed by atoms with E-state index >= 15 is 0 Å². The number of hydrogen-bond acceptors (Lipinski definition) is 3. The Morgan fingerprint density at radius 1 is 1.21 bits per heavy atom. The van der Waals surface area contributed by atoms with Gasteiger partial charge in [-0.2, -0.15) is 0 Å². The second kappa shape index (κ2) is 4.98. The van der Waals surface area contributed by atoms with Crippen molar-refractivity contribution in [2.24, 2.45) is 0 Å². The van der Waals surface area contributed by atoms with E-state index < -0.39 is 11.6 Å². The van der Waals surface area contributed by atoms with Gasteiger partial charge in [0.05, 0.1) is 22.7 Å². The molecular formula is C14H15F2NOS. The third-order valence-corrected chi connectivity index (χ3v) is 3.79. The van der Waals surface area contributed by atoms with Gasteiger partial charge < -0.3 is 5.11 Å². The maximum absolute atomic E-state index is 13.7. The number of thiazole rings is 1. The van der Waals surface area contributed by atoms with Crippen LogP contribution >= 0.6 is 11.3 Å². The molecule has 0 aliphatic rings. The fourth-order valence-corrected chi connectivity index (χ4v) is 3.03. The lowest BCUT2D eigenvalue weighted by Gasteiger charge is -2.16. The number of aliphatic hydroxyl groups is 1. The zero-order valence-electron chi connectivity index (χ0n) is 11.0. The van der Waals surface area contributed by atoms with Gasteiger partial charge in [0.15, 0.2) is 0 Å². The highest BCUT2D eigenvalue weighted by atomic mass is 32.1. The summed E-state index contributed by atoms with van der Waals surface area (Å²) < 4.78 is 27.5. The topological polar surface area (TPSA) is 33.1 Å². The minimum absolute atomic E-state index is 0.127. The predicted molar refractivity (Wildman–Crippen MR) is 72.1 cm³/mol. The number of benzene rings is 1. The molecule has 0 saturated carbocycles. The van der Waals surface area contributed by atoms with Gasteiger partial charge in [0.2, 0.25) is 0 Å². The van der Waals surface area contributed by atoms with E-state index in [0.29, 0.717) is 10.6 Å². The molecule has 2 rings (SSSR count). The van der Waals surface area contributed by atoms with Crippen LogP contribution in [0.15, 0.2) is 18.2 Å². The summed E-state index contributed by atoms with van der Waals surface area (Å²) in [4.78, 5) is 4.97. The molecule has 0 saturated heterocycles. The standard InChI is InChI=1S/C14H15F2NOS/c1-14(2,3)12-10(7-18)19-13(17-12)11-8(15)5-4-6-9(11)16/h4-6,18H,7H2,1-3H3. The molecule has 1 aromatic heterocycles. The Morgan fingerprint density at radius 2 is 1.79 bits per heavy atom. The molecule has 2 aromatic rings. The van der Waals surface area contributed by atoms with Crippen molar-refractivity contribution in [3.8, 4) is 10.6 Å². The number of hydrogen-bond donors (Lipinski definition) is 1. The molecule has 5 heteroatoms. The van der Waals surface area contributed by atoms with Gasteiger partial charge in [-0.15, -0.1) is 11.3 Å². The SMILES string of the molecule is CC(C)(C)c1nc(-c2c(F)cccc2F)sc1CO. The minimum atomic E-state index is -0.640. The van der Waals surface area contributed by atoms with Crippen LogP contribution in [0.1, 0.15) is 31.3 Å². The molecule has 1 heterocycles. The van der Waals surface area contributed by atoms with Crippen LogP contribution in [0.2, 0.25) is 0 Å². The molecule has 0 unspecified atom stereocenters. The van der Waals surface area contributed by atoms with E-state index in [1.54, 1.807) is 0 Å². The molecule has 0 spiro atoms. The van der Waals surface area contributed by atoms with E-state index in [1.807, 2.05) is 20.8 Å². The highest BCUT2D eigenvalue weighted by molar-refractivity contribution is 7.15. The van der Waals surface area contributed by atoms with E-state index in [-0.39, 0.29) is 22.6 Å². The number of nitrogens with zero attached hydrogens (tertiary/aromatic N) is 1. The van der Waals surface area contributed by atoms with E-state index in [9.17, 15) is 13.9 Å². The van der Waals surface area contributed by atoms with Crippen molar-refractivity contribution < 1.29 is 13.9 Å². The summed E-state index contributed by atoms with van der Waals surface area (Å²) in [7, 11) is 0. The zero-order chi connectivity index (χ0) is 14.2. The van der Waals surface area contributed by atoms with Gasteiger partial charge in [-0.25, -0.2) is 13.8 Å². The van der Waals surface area contributed by atoms with E-state index in [1.165, 1.54) is 18.2 Å². The average Bonchev–Trinajstić information content (AvgIpc) is 2.72. The molecule has 0 radical (unpaired) electrons. The molecule has 0 aliphatic heterocycles. The Hall–Kier alpha value is -1.33. The highest BCUT2D eigenvalue weighted by Gasteiger charge is 2.25. The molecular weight excluding hydrogens is 268 g/mol. The summed E-state index contributed by atoms with van der Waals surface area (Å²) in [6.07, 6.45) is 0. The zero-order valence-corrected chi connectivity index (χ0v) is 11.8. The van der Waals surface area contributed by atoms with Gasteiger partial charge in [-0.05, 0) is 12.1 Å². The maximum atomic E-state index is 13.7. The van der Waals surface area contributed by atoms with Crippen LogP contribution in [-0.2, 0) is 12.0 Å². The Bertz CT molecular complexity index is 582. The first-order chi connectivity index (χ1) is 8.84. The van der Waals surface area contributed by atoms with Crippen molar-refractivity contribution in [3.63, 3.8) is 0 Å². The second-order valence-corrected chi connectivity index (χ2v) is 6.38. The van der Waals surface area contributed by atoms with Crippen molar-refractivity contribution in [2.75, 3.05) is 0 Å². The Balaban J connectivity index is 2.62. The Morgan fingerprint density at radius 3 is 2.21 bits per heavy atom. The molecule has 1 aromatic carbocycles. The lowest BCUT2D eigenvalue weighted by Crippen LogP contribution is -2.14. The minimum Gasteiger partial charge on any atom is -0.391 e. The highest BCUT2D eigenvalue weighted by Crippen LogP contribution is 2.36. The van der Waals surface area contributed by atoms with E-state index in [4.69, 9.17) is 0 Å². The van der Waals surface area contributed by atoms with Gasteiger partial charge in [0.1, 0.15) is 16.6 Å². The third-order valence-electron chi connectivity index (χ3n) is 2.73. The average molecular weight is 283 g/mol. The molecule has 0 fully saturated rings. The predicted octanol–water partition coefficient (Wildman–Crippen LogP) is 3.88. The first-order valence-electron chi connectivity index (χ1n) is 5.90. The molecule has 102 valence electrons. The monoisotopic (exact) mass is 283 g/mol. The molecule has 19 heavy (non-hydrogen) atoms. The normalized spacial score (nSPS) is 11.9. The summed E-state index contributed by atoms with van der Waals surface area (Å²) in [5, 5.41) is 9.63. The van der Waals surface area contributed by atoms with Crippen molar-refractivity contribution in [1.82, 2.24) is 4.98 Å². The van der Waals surface area contributed by atoms with Gasteiger partial charge in [0.25, 0.3) is 0 Å². The summed E-state index contributed by atoms with van der Waals surface area (Å²) in [6, 6.07) is 3.73. The molecule has 0 atom stereocenters. The van der Waals surface area contributed by atoms with E-state index in [2.05, 4.69) is 4.98 Å². The van der Waals surface area contributed by atoms with Crippen molar-refractivity contribution in [1.29, 1.82) is 0 Å². The number of aliphatic hydroxyl groups excluding tert-OH is 1. The fourth-order valence-electron chi connectivity index (χ4n) is 1.85. The first-order valence-corrected chi connectivity index (χ1v) is 6.71. The van der Waals surface area contributed by atoms with Crippen LogP contribution in [0.5, 0.6) is 0 Å². The Kier molecular flexibility index (Phi) is 3.69. The van der Waals surface area contributed by atoms with Crippen LogP contribution in [-0.4, -0.2) is 10.1 Å². The smallest absolute Gasteiger partial charge is 0.136 e. The van der Waals surface area contributed by atoms with Crippen LogP contribution in [0, 0.1) is 11.6 Å². The van der Waals surface area contributed by atoms with Gasteiger partial charge in [-0.1, -0.05) is 26.8 Å². The summed E-state index contributed by atoms with van der Waals surface area (Å²) in [5.41, 5.74) is 0.268. The molecule has 2 nitrogen and oxygen atoms in total. The molecule has 1 N–H and O–H groups in total. The lowest BCUT2D eigenvalue weighted by atomic mass is 9.91. The molecule has 0 aliphatic carbocycles. The van der Waals surface area contributed by atoms with Crippen LogP contribution in [0.4, 0.5) is 8.78 Å². The van der Waals surface area contributed by atoms with Crippen LogP contribution < -0.4 is 0 Å². The first kappa shape index (κ1) is 14.1. The van der Waals surface area contributed by atoms with Crippen LogP contribution in [0.3, 0.4) is 0 Å². The second-order valence-electron chi connectivity index (χ2n) is 5.30. The number of halogens is 2. The van der Waals surface area contributed by atoms with Gasteiger partial charge in [-0.3, -0.25) is 0 Å². The number of rotatable bonds is 2. The quantitative estimate of drug-likeness (QED) is 0.907. The molecule has 0 amide bonds. The largest absolute Gasteiger partial charge is 0.391 e. The number of aromatic nitrogens is 1. The van der Waals surface area contributed by atoms with Crippen molar-refractivity contribution >= 4 is 11.3 Å². The Labute approximate surface area is 114 Å². The lowest BCUT2D eigenvalue weighted by molar-refractivity contribution is 0.282. The maximum Gasteiger partial charge on any atom is 0.136 e. The summed E-state index contributed by atoms with van der Waals surface area (Å²) >= 11 is 1.13. The third kappa shape index (κ3) is 2.67. The van der Waals surface area contributed by atoms with Gasteiger partial charge in [0, 0.05) is 5.41 Å². The van der Waals surface area contributed by atoms with Gasteiger partial charge >= 0.3 is 0 Å². The van der Waals surface area contributed by atoms with Crippen LogP contribution in [0.25, 0.3) is 10.6 Å².